The molecule has 4 N–H and O–H groups in total. The van der Waals surface area contributed by atoms with Gasteiger partial charge in [0.15, 0.2) is 0 Å². The number of benzene rings is 3. The van der Waals surface area contributed by atoms with Crippen molar-refractivity contribution >= 4 is 46.0 Å². The fourth-order valence-corrected chi connectivity index (χ4v) is 5.09. The van der Waals surface area contributed by atoms with Gasteiger partial charge in [-0.3, -0.25) is 19.3 Å². The Hall–Kier alpha value is -5.00. The minimum absolute atomic E-state index is 0.0417. The van der Waals surface area contributed by atoms with Gasteiger partial charge < -0.3 is 30.4 Å². The van der Waals surface area contributed by atoms with E-state index in [9.17, 15) is 24.3 Å². The molecule has 0 bridgehead atoms. The molecule has 1 aliphatic heterocycles. The number of aromatic nitrogens is 1. The number of aromatic carboxylic acids is 1. The van der Waals surface area contributed by atoms with Gasteiger partial charge in [-0.05, 0) is 59.7 Å². The Balaban J connectivity index is 1.34. The number of rotatable bonds is 10. The highest BCUT2D eigenvalue weighted by Gasteiger charge is 2.23. The van der Waals surface area contributed by atoms with Crippen LogP contribution in [-0.2, 0) is 27.3 Å². The van der Waals surface area contributed by atoms with E-state index in [2.05, 4.69) is 20.5 Å². The molecule has 0 radical (unpaired) electrons. The molecular weight excluding hydrogens is 562 g/mol. The van der Waals surface area contributed by atoms with Crippen LogP contribution in [0.2, 0.25) is 0 Å². The molecule has 1 saturated heterocycles. The van der Waals surface area contributed by atoms with E-state index in [1.807, 2.05) is 24.3 Å². The van der Waals surface area contributed by atoms with Gasteiger partial charge in [0.1, 0.15) is 11.7 Å². The summed E-state index contributed by atoms with van der Waals surface area (Å²) < 4.78 is 5.41. The van der Waals surface area contributed by atoms with Gasteiger partial charge in [-0.15, -0.1) is 0 Å². The molecule has 0 saturated carbocycles. The van der Waals surface area contributed by atoms with Gasteiger partial charge in [-0.25, -0.2) is 4.79 Å². The van der Waals surface area contributed by atoms with Crippen molar-refractivity contribution in [1.82, 2.24) is 15.2 Å². The Bertz CT molecular complexity index is 1680. The first-order valence-electron chi connectivity index (χ1n) is 14.4. The fourth-order valence-electron chi connectivity index (χ4n) is 5.09. The second kappa shape index (κ2) is 13.5. The summed E-state index contributed by atoms with van der Waals surface area (Å²) in [5.41, 5.74) is 4.04. The normalized spacial score (nSPS) is 14.1. The lowest BCUT2D eigenvalue weighted by Crippen LogP contribution is -2.45. The third kappa shape index (κ3) is 7.49. The zero-order valence-electron chi connectivity index (χ0n) is 24.6. The Morgan fingerprint density at radius 3 is 2.43 bits per heavy atom. The Morgan fingerprint density at radius 2 is 1.73 bits per heavy atom. The molecule has 0 unspecified atom stereocenters. The summed E-state index contributed by atoms with van der Waals surface area (Å²) in [5.74, 6) is -2.05. The number of anilines is 2. The number of carbonyl (C=O) groups is 4. The molecule has 11 nitrogen and oxygen atoms in total. The molecule has 1 aliphatic rings. The van der Waals surface area contributed by atoms with Gasteiger partial charge in [0.25, 0.3) is 5.91 Å². The average Bonchev–Trinajstić information content (AvgIpc) is 3.45. The summed E-state index contributed by atoms with van der Waals surface area (Å²) in [4.78, 5) is 56.9. The van der Waals surface area contributed by atoms with E-state index in [1.165, 1.54) is 17.9 Å². The second-order valence-electron chi connectivity index (χ2n) is 10.8. The molecule has 44 heavy (non-hydrogen) atoms. The van der Waals surface area contributed by atoms with Gasteiger partial charge >= 0.3 is 5.97 Å². The molecule has 2 heterocycles. The fraction of sp³-hybridized carbons (Fsp3) is 0.273. The number of morpholine rings is 1. The smallest absolute Gasteiger partial charge is 0.352 e. The molecule has 4 aromatic rings. The summed E-state index contributed by atoms with van der Waals surface area (Å²) in [5, 5.41) is 15.7. The maximum Gasteiger partial charge on any atom is 0.352 e. The maximum atomic E-state index is 13.6. The number of ether oxygens (including phenoxy) is 1. The quantitative estimate of drug-likeness (QED) is 0.218. The highest BCUT2D eigenvalue weighted by Crippen LogP contribution is 2.22. The van der Waals surface area contributed by atoms with Gasteiger partial charge in [-0.2, -0.15) is 0 Å². The summed E-state index contributed by atoms with van der Waals surface area (Å²) in [6.07, 6.45) is 0.168. The third-order valence-corrected chi connectivity index (χ3v) is 7.68. The highest BCUT2D eigenvalue weighted by atomic mass is 16.5. The number of hydrogen-bond acceptors (Lipinski definition) is 6. The molecule has 3 aromatic carbocycles. The standard InChI is InChI=1S/C33H35N5O6/c1-21(39)37(2)27-5-3-4-23(16-27)17-29(32(41)34-26-10-11-28-25(18-26)19-30(35-28)33(42)43)36-31(40)24-8-6-22(7-9-24)20-38-12-14-44-15-13-38/h3-11,16,18-19,29,35H,12-15,17,20H2,1-2H3,(H,34,41)(H,36,40)(H,42,43)/t29-/m0/s1. The van der Waals surface area contributed by atoms with Gasteiger partial charge in [0, 0.05) is 67.9 Å². The number of carboxylic acid groups (broad SMARTS) is 1. The molecule has 11 heteroatoms. The Labute approximate surface area is 254 Å². The van der Waals surface area contributed by atoms with Crippen molar-refractivity contribution in [2.45, 2.75) is 25.9 Å². The van der Waals surface area contributed by atoms with Crippen LogP contribution in [0.15, 0.2) is 72.8 Å². The third-order valence-electron chi connectivity index (χ3n) is 7.68. The molecular formula is C33H35N5O6. The minimum Gasteiger partial charge on any atom is -0.477 e. The number of H-pyrrole nitrogens is 1. The number of hydrogen-bond donors (Lipinski definition) is 4. The predicted molar refractivity (Wildman–Crippen MR) is 167 cm³/mol. The summed E-state index contributed by atoms with van der Waals surface area (Å²) >= 11 is 0. The number of nitrogens with one attached hydrogen (secondary N) is 3. The summed E-state index contributed by atoms with van der Waals surface area (Å²) in [6.45, 7) is 5.37. The van der Waals surface area contributed by atoms with Gasteiger partial charge in [0.05, 0.1) is 13.2 Å². The van der Waals surface area contributed by atoms with Crippen LogP contribution in [-0.4, -0.2) is 78.1 Å². The topological polar surface area (TPSA) is 144 Å². The first-order valence-corrected chi connectivity index (χ1v) is 14.4. The largest absolute Gasteiger partial charge is 0.477 e. The zero-order chi connectivity index (χ0) is 31.2. The van der Waals surface area contributed by atoms with Crippen LogP contribution >= 0.6 is 0 Å². The van der Waals surface area contributed by atoms with Gasteiger partial charge in [0.2, 0.25) is 11.8 Å². The Kier molecular flexibility index (Phi) is 9.37. The van der Waals surface area contributed by atoms with E-state index in [1.54, 1.807) is 49.5 Å². The summed E-state index contributed by atoms with van der Waals surface area (Å²) in [7, 11) is 1.67. The van der Waals surface area contributed by atoms with Crippen LogP contribution in [0.5, 0.6) is 0 Å². The lowest BCUT2D eigenvalue weighted by atomic mass is 10.0. The van der Waals surface area contributed by atoms with Crippen LogP contribution in [0.25, 0.3) is 10.9 Å². The van der Waals surface area contributed by atoms with Crippen molar-refractivity contribution in [3.05, 3.63) is 95.2 Å². The molecule has 1 fully saturated rings. The molecule has 1 aromatic heterocycles. The Morgan fingerprint density at radius 1 is 0.977 bits per heavy atom. The van der Waals surface area contributed by atoms with E-state index >= 15 is 0 Å². The average molecular weight is 598 g/mol. The SMILES string of the molecule is CC(=O)N(C)c1cccc(C[C@H](NC(=O)c2ccc(CN3CCOCC3)cc2)C(=O)Nc2ccc3[nH]c(C(=O)O)cc3c2)c1. The van der Waals surface area contributed by atoms with Gasteiger partial charge in [-0.1, -0.05) is 24.3 Å². The molecule has 228 valence electrons. The summed E-state index contributed by atoms with van der Waals surface area (Å²) in [6, 6.07) is 20.1. The predicted octanol–water partition coefficient (Wildman–Crippen LogP) is 3.66. The van der Waals surface area contributed by atoms with Crippen molar-refractivity contribution in [3.8, 4) is 0 Å². The van der Waals surface area contributed by atoms with E-state index in [4.69, 9.17) is 4.74 Å². The van der Waals surface area contributed by atoms with E-state index < -0.39 is 23.8 Å². The van der Waals surface area contributed by atoms with Crippen molar-refractivity contribution in [3.63, 3.8) is 0 Å². The van der Waals surface area contributed by atoms with Crippen molar-refractivity contribution in [2.75, 3.05) is 43.6 Å². The number of aromatic amines is 1. The van der Waals surface area contributed by atoms with Crippen LogP contribution in [0.1, 0.15) is 38.9 Å². The molecule has 0 aliphatic carbocycles. The molecule has 3 amide bonds. The van der Waals surface area contributed by atoms with Crippen molar-refractivity contribution < 1.29 is 29.0 Å². The number of amides is 3. The first-order chi connectivity index (χ1) is 21.2. The lowest BCUT2D eigenvalue weighted by Gasteiger charge is -2.26. The lowest BCUT2D eigenvalue weighted by molar-refractivity contribution is -0.118. The van der Waals surface area contributed by atoms with Crippen LogP contribution in [0, 0.1) is 0 Å². The monoisotopic (exact) mass is 597 g/mol. The minimum atomic E-state index is -1.08. The maximum absolute atomic E-state index is 13.6. The molecule has 0 spiro atoms. The van der Waals surface area contributed by atoms with Crippen LogP contribution < -0.4 is 15.5 Å². The number of nitrogens with zero attached hydrogens (tertiary/aromatic N) is 2. The number of fused-ring (bicyclic) bond motifs is 1. The van der Waals surface area contributed by atoms with E-state index in [0.29, 0.717) is 41.1 Å². The number of carboxylic acids is 1. The molecule has 1 atom stereocenters. The highest BCUT2D eigenvalue weighted by molar-refractivity contribution is 6.02. The van der Waals surface area contributed by atoms with E-state index in [-0.39, 0.29) is 18.0 Å². The zero-order valence-corrected chi connectivity index (χ0v) is 24.6. The number of carbonyl (C=O) groups excluding carboxylic acids is 3. The van der Waals surface area contributed by atoms with Crippen molar-refractivity contribution in [1.29, 1.82) is 0 Å². The van der Waals surface area contributed by atoms with E-state index in [0.717, 1.165) is 30.8 Å². The first kappa shape index (κ1) is 30.5. The van der Waals surface area contributed by atoms with Crippen LogP contribution in [0.4, 0.5) is 11.4 Å². The second-order valence-corrected chi connectivity index (χ2v) is 10.8. The van der Waals surface area contributed by atoms with Crippen molar-refractivity contribution in [2.24, 2.45) is 0 Å². The molecule has 5 rings (SSSR count). The van der Waals surface area contributed by atoms with Crippen LogP contribution in [0.3, 0.4) is 0 Å².